The van der Waals surface area contributed by atoms with Crippen LogP contribution in [0.25, 0.3) is 0 Å². The number of nitrogens with zero attached hydrogens (tertiary/aromatic N) is 4. The zero-order valence-corrected chi connectivity index (χ0v) is 15.0. The summed E-state index contributed by atoms with van der Waals surface area (Å²) in [5.74, 6) is 0. The van der Waals surface area contributed by atoms with Gasteiger partial charge in [-0.05, 0) is 59.7 Å². The quantitative estimate of drug-likeness (QED) is 0.754. The van der Waals surface area contributed by atoms with Crippen molar-refractivity contribution in [3.05, 3.63) is 38.7 Å². The van der Waals surface area contributed by atoms with E-state index >= 15 is 0 Å². The van der Waals surface area contributed by atoms with Crippen LogP contribution in [0.3, 0.4) is 0 Å². The number of hydrogen-bond donors (Lipinski definition) is 1. The van der Waals surface area contributed by atoms with Gasteiger partial charge in [-0.15, -0.1) is 5.10 Å². The van der Waals surface area contributed by atoms with E-state index in [9.17, 15) is 4.79 Å². The summed E-state index contributed by atoms with van der Waals surface area (Å²) in [7, 11) is 0. The highest BCUT2D eigenvalue weighted by Crippen LogP contribution is 2.27. The third kappa shape index (κ3) is 3.32. The van der Waals surface area contributed by atoms with Gasteiger partial charge in [0.15, 0.2) is 0 Å². The van der Waals surface area contributed by atoms with Gasteiger partial charge in [0.1, 0.15) is 11.8 Å². The third-order valence-corrected chi connectivity index (χ3v) is 5.45. The van der Waals surface area contributed by atoms with E-state index in [1.807, 2.05) is 26.0 Å². The summed E-state index contributed by atoms with van der Waals surface area (Å²) in [6.07, 6.45) is 1.00. The Kier molecular flexibility index (Phi) is 4.53. The number of carbonyl (C=O) groups is 1. The molecule has 1 aliphatic heterocycles. The predicted octanol–water partition coefficient (Wildman–Crippen LogP) is 2.02. The molecule has 1 unspecified atom stereocenters. The van der Waals surface area contributed by atoms with E-state index in [4.69, 9.17) is 9.84 Å². The first-order valence-electron chi connectivity index (χ1n) is 7.22. The van der Waals surface area contributed by atoms with Crippen LogP contribution in [0, 0.1) is 17.4 Å². The highest BCUT2D eigenvalue weighted by molar-refractivity contribution is 14.1. The van der Waals surface area contributed by atoms with Crippen LogP contribution in [0.4, 0.5) is 10.5 Å². The van der Waals surface area contributed by atoms with E-state index in [0.717, 1.165) is 16.8 Å². The van der Waals surface area contributed by atoms with E-state index in [1.165, 1.54) is 3.57 Å². The second kappa shape index (κ2) is 6.44. The molecule has 0 bridgehead atoms. The Morgan fingerprint density at radius 1 is 1.39 bits per heavy atom. The summed E-state index contributed by atoms with van der Waals surface area (Å²) in [6.45, 7) is 4.79. The Morgan fingerprint density at radius 3 is 2.70 bits per heavy atom. The van der Waals surface area contributed by atoms with Gasteiger partial charge in [0.25, 0.3) is 0 Å². The second-order valence-electron chi connectivity index (χ2n) is 5.60. The molecule has 1 aromatic carbocycles. The zero-order chi connectivity index (χ0) is 16.6. The summed E-state index contributed by atoms with van der Waals surface area (Å²) in [4.78, 5) is 13.8. The fourth-order valence-corrected chi connectivity index (χ4v) is 2.93. The van der Waals surface area contributed by atoms with Crippen molar-refractivity contribution in [2.45, 2.75) is 33.1 Å². The molecular weight excluding hydrogens is 411 g/mol. The zero-order valence-electron chi connectivity index (χ0n) is 12.9. The first kappa shape index (κ1) is 16.2. The summed E-state index contributed by atoms with van der Waals surface area (Å²) < 4.78 is 8.20. The summed E-state index contributed by atoms with van der Waals surface area (Å²) >= 11 is 2.31. The lowest BCUT2D eigenvalue weighted by Gasteiger charge is -2.16. The molecule has 1 saturated heterocycles. The number of benzene rings is 1. The minimum Gasteiger partial charge on any atom is -0.442 e. The molecule has 1 aromatic heterocycles. The fraction of sp³-hybridized carbons (Fsp3) is 0.400. The Balaban J connectivity index is 1.74. The average molecular weight is 428 g/mol. The van der Waals surface area contributed by atoms with Gasteiger partial charge in [-0.3, -0.25) is 4.90 Å². The largest absolute Gasteiger partial charge is 0.442 e. The third-order valence-electron chi connectivity index (χ3n) is 3.75. The minimum atomic E-state index is -0.350. The van der Waals surface area contributed by atoms with E-state index in [2.05, 4.69) is 32.9 Å². The normalized spacial score (nSPS) is 17.7. The molecule has 1 amide bonds. The summed E-state index contributed by atoms with van der Waals surface area (Å²) in [5, 5.41) is 16.7. The average Bonchev–Trinajstić information content (AvgIpc) is 3.11. The molecule has 1 N–H and O–H groups in total. The molecule has 1 fully saturated rings. The molecule has 1 atom stereocenters. The maximum absolute atomic E-state index is 12.2. The Labute approximate surface area is 147 Å². The van der Waals surface area contributed by atoms with Crippen molar-refractivity contribution < 1.29 is 14.6 Å². The van der Waals surface area contributed by atoms with Crippen molar-refractivity contribution in [1.82, 2.24) is 15.0 Å². The molecule has 7 nitrogen and oxygen atoms in total. The number of cyclic esters (lactones) is 1. The molecule has 3 rings (SSSR count). The lowest BCUT2D eigenvalue weighted by molar-refractivity contribution is 0.129. The lowest BCUT2D eigenvalue weighted by atomic mass is 10.1. The molecule has 1 aliphatic rings. The van der Waals surface area contributed by atoms with Crippen molar-refractivity contribution in [2.24, 2.45) is 0 Å². The molecule has 122 valence electrons. The van der Waals surface area contributed by atoms with Crippen molar-refractivity contribution in [3.63, 3.8) is 0 Å². The van der Waals surface area contributed by atoms with Crippen molar-refractivity contribution >= 4 is 34.4 Å². The molecular formula is C15H17IN4O3. The molecule has 0 aliphatic carbocycles. The van der Waals surface area contributed by atoms with Gasteiger partial charge in [-0.2, -0.15) is 0 Å². The van der Waals surface area contributed by atoms with Gasteiger partial charge in [-0.25, -0.2) is 9.48 Å². The number of hydrogen-bond acceptors (Lipinski definition) is 5. The molecule has 2 heterocycles. The Hall–Kier alpha value is -1.68. The van der Waals surface area contributed by atoms with Gasteiger partial charge >= 0.3 is 6.09 Å². The minimum absolute atomic E-state index is 0.155. The first-order valence-corrected chi connectivity index (χ1v) is 8.30. The number of halogens is 1. The van der Waals surface area contributed by atoms with Crippen LogP contribution >= 0.6 is 22.6 Å². The molecule has 2 aromatic rings. The van der Waals surface area contributed by atoms with Crippen LogP contribution in [-0.2, 0) is 17.9 Å². The maximum Gasteiger partial charge on any atom is 0.414 e. The number of aromatic nitrogens is 3. The van der Waals surface area contributed by atoms with Crippen LogP contribution in [0.1, 0.15) is 16.8 Å². The Morgan fingerprint density at radius 2 is 2.09 bits per heavy atom. The SMILES string of the molecule is Cc1cc(N2CC(Cn3cc(CO)nn3)OC2=O)cc(C)c1I. The Bertz CT molecular complexity index is 723. The van der Waals surface area contributed by atoms with Gasteiger partial charge < -0.3 is 9.84 Å². The van der Waals surface area contributed by atoms with Gasteiger partial charge in [0.05, 0.1) is 25.9 Å². The molecule has 8 heteroatoms. The van der Waals surface area contributed by atoms with Gasteiger partial charge in [0, 0.05) is 9.26 Å². The number of aryl methyl sites for hydroxylation is 2. The van der Waals surface area contributed by atoms with E-state index in [-0.39, 0.29) is 18.8 Å². The number of rotatable bonds is 4. The number of aliphatic hydroxyl groups is 1. The second-order valence-corrected chi connectivity index (χ2v) is 6.68. The number of aliphatic hydroxyl groups excluding tert-OH is 1. The first-order chi connectivity index (χ1) is 11.0. The highest BCUT2D eigenvalue weighted by atomic mass is 127. The van der Waals surface area contributed by atoms with Crippen LogP contribution in [-0.4, -0.2) is 38.8 Å². The lowest BCUT2D eigenvalue weighted by Crippen LogP contribution is -2.26. The van der Waals surface area contributed by atoms with Gasteiger partial charge in [0.2, 0.25) is 0 Å². The number of amides is 1. The van der Waals surface area contributed by atoms with Crippen LogP contribution in [0.5, 0.6) is 0 Å². The van der Waals surface area contributed by atoms with E-state index in [1.54, 1.807) is 15.8 Å². The fourth-order valence-electron chi connectivity index (χ4n) is 2.62. The number of carbonyl (C=O) groups excluding carboxylic acids is 1. The highest BCUT2D eigenvalue weighted by Gasteiger charge is 2.33. The van der Waals surface area contributed by atoms with E-state index in [0.29, 0.717) is 18.8 Å². The topological polar surface area (TPSA) is 80.5 Å². The number of ether oxygens (including phenoxy) is 1. The maximum atomic E-state index is 12.2. The van der Waals surface area contributed by atoms with Gasteiger partial charge in [-0.1, -0.05) is 5.21 Å². The van der Waals surface area contributed by atoms with Crippen LogP contribution in [0.15, 0.2) is 18.3 Å². The summed E-state index contributed by atoms with van der Waals surface area (Å²) in [5.41, 5.74) is 3.62. The van der Waals surface area contributed by atoms with Crippen LogP contribution in [0.2, 0.25) is 0 Å². The van der Waals surface area contributed by atoms with E-state index < -0.39 is 0 Å². The standard InChI is InChI=1S/C15H17IN4O3/c1-9-3-12(4-10(2)14(9)16)20-7-13(23-15(20)22)6-19-5-11(8-21)17-18-19/h3-5,13,21H,6-8H2,1-2H3. The summed E-state index contributed by atoms with van der Waals surface area (Å²) in [6, 6.07) is 4.00. The predicted molar refractivity (Wildman–Crippen MR) is 92.2 cm³/mol. The monoisotopic (exact) mass is 428 g/mol. The number of anilines is 1. The van der Waals surface area contributed by atoms with Crippen molar-refractivity contribution in [1.29, 1.82) is 0 Å². The van der Waals surface area contributed by atoms with Crippen LogP contribution < -0.4 is 4.90 Å². The molecule has 23 heavy (non-hydrogen) atoms. The molecule has 0 radical (unpaired) electrons. The molecule has 0 saturated carbocycles. The molecule has 0 spiro atoms. The van der Waals surface area contributed by atoms with Crippen molar-refractivity contribution in [2.75, 3.05) is 11.4 Å². The van der Waals surface area contributed by atoms with Crippen molar-refractivity contribution in [3.8, 4) is 0 Å². The smallest absolute Gasteiger partial charge is 0.414 e.